The molecule has 1 spiro atoms. The summed E-state index contributed by atoms with van der Waals surface area (Å²) in [4.78, 5) is 0. The molecule has 1 aliphatic heterocycles. The van der Waals surface area contributed by atoms with E-state index in [4.69, 9.17) is 4.12 Å². The van der Waals surface area contributed by atoms with Crippen LogP contribution in [0.5, 0.6) is 0 Å². The van der Waals surface area contributed by atoms with Gasteiger partial charge in [-0.15, -0.1) is 0 Å². The van der Waals surface area contributed by atoms with Gasteiger partial charge in [-0.3, -0.25) is 0 Å². The average molecular weight is 395 g/mol. The summed E-state index contributed by atoms with van der Waals surface area (Å²) >= 11 is 0. The molecule has 0 N–H and O–H groups in total. The first kappa shape index (κ1) is 17.2. The van der Waals surface area contributed by atoms with E-state index in [2.05, 4.69) is 57.4 Å². The molecule has 27 heavy (non-hydrogen) atoms. The maximum Gasteiger partial charge on any atom is 0.180 e. The van der Waals surface area contributed by atoms with E-state index in [1.54, 1.807) is 22.3 Å². The lowest BCUT2D eigenvalue weighted by Gasteiger charge is -2.81. The van der Waals surface area contributed by atoms with Gasteiger partial charge in [0.2, 0.25) is 0 Å². The standard InChI is InChI=1S/C24H34OSi2/c1-16-9-19-7-6-8-22(21(19)10-16)23-14-17-11-18(15-23)13-20(12-17)24(23)26(2,3)25-27(24,4)5/h6-8,10,17-18,20H,9,11-15H2,1-5H3. The largest absolute Gasteiger partial charge is 0.455 e. The van der Waals surface area contributed by atoms with Crippen LogP contribution in [0.4, 0.5) is 0 Å². The minimum Gasteiger partial charge on any atom is -0.455 e. The van der Waals surface area contributed by atoms with Gasteiger partial charge in [-0.2, -0.15) is 0 Å². The molecule has 4 bridgehead atoms. The van der Waals surface area contributed by atoms with Crippen LogP contribution in [0.15, 0.2) is 23.8 Å². The Hall–Kier alpha value is -0.646. The molecule has 5 aliphatic carbocycles. The van der Waals surface area contributed by atoms with Crippen molar-refractivity contribution in [1.29, 1.82) is 0 Å². The summed E-state index contributed by atoms with van der Waals surface area (Å²) in [5.41, 5.74) is 6.93. The number of fused-ring (bicyclic) bond motifs is 1. The van der Waals surface area contributed by atoms with Crippen LogP contribution < -0.4 is 0 Å². The Kier molecular flexibility index (Phi) is 3.13. The molecule has 3 heteroatoms. The second-order valence-corrected chi connectivity index (χ2v) is 20.5. The molecular formula is C24H34OSi2. The molecule has 1 nitrogen and oxygen atoms in total. The molecule has 4 saturated carbocycles. The molecule has 6 aliphatic rings. The van der Waals surface area contributed by atoms with Gasteiger partial charge in [-0.25, -0.2) is 0 Å². The Labute approximate surface area is 166 Å². The van der Waals surface area contributed by atoms with E-state index in [0.29, 0.717) is 10.1 Å². The fourth-order valence-corrected chi connectivity index (χ4v) is 27.3. The second-order valence-electron chi connectivity index (χ2n) is 11.6. The van der Waals surface area contributed by atoms with E-state index in [0.717, 1.165) is 17.8 Å². The number of benzene rings is 1. The van der Waals surface area contributed by atoms with Gasteiger partial charge in [0, 0.05) is 10.1 Å². The predicted octanol–water partition coefficient (Wildman–Crippen LogP) is 6.44. The summed E-state index contributed by atoms with van der Waals surface area (Å²) in [5, 5.41) is 0. The molecule has 1 aromatic carbocycles. The van der Waals surface area contributed by atoms with Crippen molar-refractivity contribution in [2.24, 2.45) is 17.8 Å². The lowest BCUT2D eigenvalue weighted by atomic mass is 9.46. The predicted molar refractivity (Wildman–Crippen MR) is 118 cm³/mol. The number of hydrogen-bond donors (Lipinski definition) is 0. The highest BCUT2D eigenvalue weighted by Gasteiger charge is 2.83. The fourth-order valence-electron chi connectivity index (χ4n) is 10.0. The van der Waals surface area contributed by atoms with Crippen molar-refractivity contribution >= 4 is 22.7 Å². The maximum atomic E-state index is 6.94. The molecule has 0 radical (unpaired) electrons. The van der Waals surface area contributed by atoms with E-state index < -0.39 is 16.6 Å². The first-order valence-electron chi connectivity index (χ1n) is 11.2. The average Bonchev–Trinajstić information content (AvgIpc) is 2.91. The highest BCUT2D eigenvalue weighted by atomic mass is 28.5. The molecule has 7 rings (SSSR count). The van der Waals surface area contributed by atoms with Crippen molar-refractivity contribution in [3.8, 4) is 0 Å². The minimum absolute atomic E-state index is 0.415. The van der Waals surface area contributed by atoms with Gasteiger partial charge in [-0.1, -0.05) is 29.8 Å². The summed E-state index contributed by atoms with van der Waals surface area (Å²) < 4.78 is 7.48. The zero-order valence-electron chi connectivity index (χ0n) is 17.7. The van der Waals surface area contributed by atoms with Gasteiger partial charge in [0.15, 0.2) is 16.6 Å². The van der Waals surface area contributed by atoms with Crippen LogP contribution in [0.1, 0.15) is 55.7 Å². The molecule has 2 unspecified atom stereocenters. The Bertz CT molecular complexity index is 852. The summed E-state index contributed by atoms with van der Waals surface area (Å²) in [6, 6.07) is 7.33. The van der Waals surface area contributed by atoms with Gasteiger partial charge in [0.25, 0.3) is 0 Å². The lowest BCUT2D eigenvalue weighted by Crippen LogP contribution is -2.85. The van der Waals surface area contributed by atoms with Crippen molar-refractivity contribution < 1.29 is 4.12 Å². The molecule has 144 valence electrons. The van der Waals surface area contributed by atoms with E-state index >= 15 is 0 Å². The van der Waals surface area contributed by atoms with Crippen LogP contribution >= 0.6 is 0 Å². The first-order valence-corrected chi connectivity index (χ1v) is 17.0. The Morgan fingerprint density at radius 3 is 2.26 bits per heavy atom. The maximum absolute atomic E-state index is 6.94. The number of hydrogen-bond acceptors (Lipinski definition) is 1. The fraction of sp³-hybridized carbons (Fsp3) is 0.667. The van der Waals surface area contributed by atoms with Gasteiger partial charge in [0.05, 0.1) is 0 Å². The summed E-state index contributed by atoms with van der Waals surface area (Å²) in [5.74, 6) is 2.90. The van der Waals surface area contributed by atoms with Crippen LogP contribution in [-0.2, 0) is 16.0 Å². The van der Waals surface area contributed by atoms with Gasteiger partial charge in [-0.05, 0) is 106 Å². The summed E-state index contributed by atoms with van der Waals surface area (Å²) in [6.45, 7) is 12.7. The van der Waals surface area contributed by atoms with E-state index in [1.165, 1.54) is 38.5 Å². The zero-order valence-corrected chi connectivity index (χ0v) is 19.7. The lowest BCUT2D eigenvalue weighted by molar-refractivity contribution is -0.0476. The van der Waals surface area contributed by atoms with Crippen molar-refractivity contribution in [2.75, 3.05) is 0 Å². The SMILES string of the molecule is CC1=Cc2c(cccc2C23CC4CC(CC(C4)C24[Si](C)(C)O[Si]4(C)C)C3)C1. The zero-order chi connectivity index (χ0) is 18.8. The normalized spacial score (nSPS) is 41.4. The Morgan fingerprint density at radius 1 is 0.963 bits per heavy atom. The van der Waals surface area contributed by atoms with Crippen LogP contribution in [-0.4, -0.2) is 16.6 Å². The van der Waals surface area contributed by atoms with Crippen LogP contribution in [0.3, 0.4) is 0 Å². The van der Waals surface area contributed by atoms with Crippen molar-refractivity contribution in [1.82, 2.24) is 0 Å². The Morgan fingerprint density at radius 2 is 1.63 bits per heavy atom. The first-order chi connectivity index (χ1) is 12.7. The molecule has 2 atom stereocenters. The van der Waals surface area contributed by atoms with E-state index in [9.17, 15) is 0 Å². The summed E-state index contributed by atoms with van der Waals surface area (Å²) in [6.07, 6.45) is 11.2. The molecule has 1 saturated heterocycles. The third kappa shape index (κ3) is 1.77. The minimum atomic E-state index is -1.70. The van der Waals surface area contributed by atoms with Crippen molar-refractivity contribution in [2.45, 2.75) is 81.7 Å². The smallest absolute Gasteiger partial charge is 0.180 e. The molecule has 0 amide bonds. The Balaban J connectivity index is 1.66. The highest BCUT2D eigenvalue weighted by Crippen LogP contribution is 2.82. The van der Waals surface area contributed by atoms with Crippen LogP contribution in [0.2, 0.25) is 30.8 Å². The highest BCUT2D eigenvalue weighted by molar-refractivity contribution is 7.07. The van der Waals surface area contributed by atoms with Gasteiger partial charge in [0.1, 0.15) is 0 Å². The van der Waals surface area contributed by atoms with Crippen LogP contribution in [0.25, 0.3) is 6.08 Å². The molecule has 0 aromatic heterocycles. The van der Waals surface area contributed by atoms with Crippen molar-refractivity contribution in [3.63, 3.8) is 0 Å². The molecule has 5 fully saturated rings. The number of allylic oxidation sites excluding steroid dienone is 1. The third-order valence-electron chi connectivity index (χ3n) is 9.53. The van der Waals surface area contributed by atoms with E-state index in [-0.39, 0.29) is 0 Å². The van der Waals surface area contributed by atoms with Gasteiger partial charge < -0.3 is 4.12 Å². The number of rotatable bonds is 1. The molecule has 1 aromatic rings. The third-order valence-corrected chi connectivity index (χ3v) is 22.8. The quantitative estimate of drug-likeness (QED) is 0.498. The van der Waals surface area contributed by atoms with Crippen molar-refractivity contribution in [3.05, 3.63) is 40.5 Å². The van der Waals surface area contributed by atoms with Gasteiger partial charge >= 0.3 is 0 Å². The van der Waals surface area contributed by atoms with Crippen LogP contribution in [0, 0.1) is 17.8 Å². The summed E-state index contributed by atoms with van der Waals surface area (Å²) in [7, 11) is -3.41. The molecular weight excluding hydrogens is 360 g/mol. The topological polar surface area (TPSA) is 9.23 Å². The molecule has 1 heterocycles. The monoisotopic (exact) mass is 394 g/mol. The van der Waals surface area contributed by atoms with E-state index in [1.807, 2.05) is 0 Å². The second kappa shape index (κ2) is 4.91.